The summed E-state index contributed by atoms with van der Waals surface area (Å²) in [6, 6.07) is 0.317. The third kappa shape index (κ3) is 3.75. The van der Waals surface area contributed by atoms with Crippen molar-refractivity contribution in [3.8, 4) is 0 Å². The summed E-state index contributed by atoms with van der Waals surface area (Å²) in [5.41, 5.74) is 0. The maximum atomic E-state index is 12.3. The summed E-state index contributed by atoms with van der Waals surface area (Å²) in [7, 11) is 0. The van der Waals surface area contributed by atoms with E-state index in [1.165, 1.54) is 18.2 Å². The number of thioether (sulfide) groups is 1. The minimum Gasteiger partial charge on any atom is -0.341 e. The summed E-state index contributed by atoms with van der Waals surface area (Å²) >= 11 is 1.48. The Morgan fingerprint density at radius 1 is 1.40 bits per heavy atom. The van der Waals surface area contributed by atoms with Gasteiger partial charge in [0, 0.05) is 19.1 Å². The molecule has 0 N–H and O–H groups in total. The number of aromatic nitrogens is 3. The van der Waals surface area contributed by atoms with E-state index >= 15 is 0 Å². The van der Waals surface area contributed by atoms with Crippen molar-refractivity contribution in [3.63, 3.8) is 0 Å². The van der Waals surface area contributed by atoms with Crippen LogP contribution in [-0.4, -0.2) is 44.4 Å². The molecule has 0 aromatic carbocycles. The number of likely N-dealkylation sites (tertiary alicyclic amines) is 1. The molecular weight excluding hydrogens is 272 g/mol. The predicted octanol–water partition coefficient (Wildman–Crippen LogP) is 2.46. The van der Waals surface area contributed by atoms with E-state index in [-0.39, 0.29) is 5.91 Å². The molecule has 1 aromatic heterocycles. The van der Waals surface area contributed by atoms with Gasteiger partial charge in [0.15, 0.2) is 5.16 Å². The number of carbonyl (C=O) groups excluding carboxylic acids is 1. The first kappa shape index (κ1) is 15.4. The van der Waals surface area contributed by atoms with Crippen LogP contribution in [0.5, 0.6) is 0 Å². The lowest BCUT2D eigenvalue weighted by atomic mass is 9.92. The molecule has 0 aliphatic carbocycles. The van der Waals surface area contributed by atoms with Gasteiger partial charge in [-0.05, 0) is 32.1 Å². The van der Waals surface area contributed by atoms with Gasteiger partial charge in [0.2, 0.25) is 5.91 Å². The van der Waals surface area contributed by atoms with Crippen molar-refractivity contribution >= 4 is 17.7 Å². The minimum absolute atomic E-state index is 0.215. The largest absolute Gasteiger partial charge is 0.341 e. The molecule has 1 saturated heterocycles. The lowest BCUT2D eigenvalue weighted by Crippen LogP contribution is -2.43. The molecule has 1 aromatic rings. The quantitative estimate of drug-likeness (QED) is 0.801. The van der Waals surface area contributed by atoms with E-state index in [0.717, 1.165) is 18.2 Å². The number of amides is 1. The second-order valence-electron chi connectivity index (χ2n) is 6.15. The van der Waals surface area contributed by atoms with Gasteiger partial charge < -0.3 is 9.47 Å². The molecule has 1 amide bonds. The van der Waals surface area contributed by atoms with Crippen molar-refractivity contribution < 1.29 is 4.79 Å². The highest BCUT2D eigenvalue weighted by Gasteiger charge is 2.25. The Hall–Kier alpha value is -1.04. The summed E-state index contributed by atoms with van der Waals surface area (Å²) < 4.78 is 2.00. The van der Waals surface area contributed by atoms with Crippen LogP contribution in [0, 0.1) is 11.8 Å². The summed E-state index contributed by atoms with van der Waals surface area (Å²) in [6.45, 7) is 10.4. The van der Waals surface area contributed by atoms with Gasteiger partial charge in [-0.3, -0.25) is 4.79 Å². The van der Waals surface area contributed by atoms with Crippen LogP contribution in [0.15, 0.2) is 11.5 Å². The lowest BCUT2D eigenvalue weighted by molar-refractivity contribution is -0.130. The molecule has 2 rings (SSSR count). The topological polar surface area (TPSA) is 51.0 Å². The summed E-state index contributed by atoms with van der Waals surface area (Å²) in [5, 5.41) is 8.84. The van der Waals surface area contributed by atoms with Gasteiger partial charge in [0.25, 0.3) is 0 Å². The number of hydrogen-bond donors (Lipinski definition) is 0. The molecule has 112 valence electrons. The smallest absolute Gasteiger partial charge is 0.233 e. The monoisotopic (exact) mass is 296 g/mol. The molecular formula is C14H24N4OS. The first-order valence-corrected chi connectivity index (χ1v) is 8.26. The van der Waals surface area contributed by atoms with Crippen molar-refractivity contribution in [1.29, 1.82) is 0 Å². The maximum absolute atomic E-state index is 12.3. The minimum atomic E-state index is 0.215. The zero-order valence-corrected chi connectivity index (χ0v) is 13.6. The van der Waals surface area contributed by atoms with Crippen LogP contribution in [0.3, 0.4) is 0 Å². The third-order valence-corrected chi connectivity index (χ3v) is 4.58. The van der Waals surface area contributed by atoms with Crippen molar-refractivity contribution in [2.75, 3.05) is 18.8 Å². The summed E-state index contributed by atoms with van der Waals surface area (Å²) in [6.07, 6.45) is 2.95. The van der Waals surface area contributed by atoms with E-state index < -0.39 is 0 Å². The number of nitrogens with zero attached hydrogens (tertiary/aromatic N) is 4. The summed E-state index contributed by atoms with van der Waals surface area (Å²) in [5.74, 6) is 1.87. The van der Waals surface area contributed by atoms with Crippen molar-refractivity contribution in [2.45, 2.75) is 45.3 Å². The molecule has 0 bridgehead atoms. The van der Waals surface area contributed by atoms with E-state index in [1.54, 1.807) is 6.33 Å². The molecule has 2 atom stereocenters. The molecule has 0 saturated carbocycles. The van der Waals surface area contributed by atoms with Crippen LogP contribution < -0.4 is 0 Å². The van der Waals surface area contributed by atoms with Gasteiger partial charge in [-0.2, -0.15) is 0 Å². The van der Waals surface area contributed by atoms with Crippen LogP contribution >= 0.6 is 11.8 Å². The molecule has 6 heteroatoms. The highest BCUT2D eigenvalue weighted by Crippen LogP contribution is 2.23. The van der Waals surface area contributed by atoms with E-state index in [0.29, 0.717) is 23.6 Å². The van der Waals surface area contributed by atoms with E-state index in [4.69, 9.17) is 0 Å². The Morgan fingerprint density at radius 3 is 2.65 bits per heavy atom. The van der Waals surface area contributed by atoms with Crippen molar-refractivity contribution in [1.82, 2.24) is 19.7 Å². The fraction of sp³-hybridized carbons (Fsp3) is 0.786. The van der Waals surface area contributed by atoms with Crippen LogP contribution in [0.2, 0.25) is 0 Å². The van der Waals surface area contributed by atoms with Crippen LogP contribution in [0.4, 0.5) is 0 Å². The highest BCUT2D eigenvalue weighted by molar-refractivity contribution is 7.99. The fourth-order valence-corrected chi connectivity index (χ4v) is 3.72. The number of carbonyl (C=O) groups is 1. The first-order chi connectivity index (χ1) is 9.47. The normalized spacial score (nSPS) is 23.4. The van der Waals surface area contributed by atoms with E-state index in [2.05, 4.69) is 37.9 Å². The second-order valence-corrected chi connectivity index (χ2v) is 7.09. The molecule has 5 nitrogen and oxygen atoms in total. The molecule has 2 heterocycles. The fourth-order valence-electron chi connectivity index (χ4n) is 2.77. The van der Waals surface area contributed by atoms with Crippen molar-refractivity contribution in [2.24, 2.45) is 11.8 Å². The molecule has 0 radical (unpaired) electrons. The number of piperidine rings is 1. The first-order valence-electron chi connectivity index (χ1n) is 7.27. The van der Waals surface area contributed by atoms with Gasteiger partial charge in [-0.1, -0.05) is 25.6 Å². The summed E-state index contributed by atoms with van der Waals surface area (Å²) in [4.78, 5) is 14.3. The van der Waals surface area contributed by atoms with Gasteiger partial charge in [-0.15, -0.1) is 10.2 Å². The predicted molar refractivity (Wildman–Crippen MR) is 80.7 cm³/mol. The van der Waals surface area contributed by atoms with E-state index in [9.17, 15) is 4.79 Å². The Morgan fingerprint density at radius 2 is 2.05 bits per heavy atom. The average Bonchev–Trinajstić information content (AvgIpc) is 2.83. The molecule has 20 heavy (non-hydrogen) atoms. The van der Waals surface area contributed by atoms with Gasteiger partial charge in [0.1, 0.15) is 6.33 Å². The Labute approximate surface area is 125 Å². The van der Waals surface area contributed by atoms with Gasteiger partial charge in [0.05, 0.1) is 5.75 Å². The zero-order chi connectivity index (χ0) is 14.7. The SMILES string of the molecule is CC1CC(C)CN(C(=O)CSc2nncn2C(C)C)C1. The standard InChI is InChI=1S/C14H24N4OS/c1-10(2)18-9-15-16-14(18)20-8-13(19)17-6-11(3)5-12(4)7-17/h9-12H,5-8H2,1-4H3. The molecule has 1 fully saturated rings. The molecule has 0 spiro atoms. The van der Waals surface area contributed by atoms with Gasteiger partial charge in [-0.25, -0.2) is 0 Å². The Bertz CT molecular complexity index is 450. The Kier molecular flexibility index (Phi) is 5.07. The van der Waals surface area contributed by atoms with E-state index in [1.807, 2.05) is 9.47 Å². The number of hydrogen-bond acceptors (Lipinski definition) is 4. The number of rotatable bonds is 4. The molecule has 2 unspecified atom stereocenters. The van der Waals surface area contributed by atoms with Crippen LogP contribution in [-0.2, 0) is 4.79 Å². The van der Waals surface area contributed by atoms with Crippen molar-refractivity contribution in [3.05, 3.63) is 6.33 Å². The average molecular weight is 296 g/mol. The van der Waals surface area contributed by atoms with Crippen LogP contribution in [0.1, 0.15) is 40.2 Å². The third-order valence-electron chi connectivity index (χ3n) is 3.64. The lowest BCUT2D eigenvalue weighted by Gasteiger charge is -2.35. The Balaban J connectivity index is 1.90. The van der Waals surface area contributed by atoms with Gasteiger partial charge >= 0.3 is 0 Å². The van der Waals surface area contributed by atoms with Crippen LogP contribution in [0.25, 0.3) is 0 Å². The zero-order valence-electron chi connectivity index (χ0n) is 12.7. The molecule has 1 aliphatic heterocycles. The highest BCUT2D eigenvalue weighted by atomic mass is 32.2. The second kappa shape index (κ2) is 6.61. The maximum Gasteiger partial charge on any atom is 0.233 e. The molecule has 1 aliphatic rings.